The summed E-state index contributed by atoms with van der Waals surface area (Å²) in [7, 11) is 0. The molecule has 3 heteroatoms. The predicted octanol–water partition coefficient (Wildman–Crippen LogP) is 3.80. The number of rotatable bonds is 10. The van der Waals surface area contributed by atoms with Crippen LogP contribution in [0, 0.1) is 17.2 Å². The number of hydrogen-bond donors (Lipinski definition) is 1. The van der Waals surface area contributed by atoms with Gasteiger partial charge in [0, 0.05) is 25.2 Å². The summed E-state index contributed by atoms with van der Waals surface area (Å²) in [4.78, 5) is 2.57. The third-order valence-electron chi connectivity index (χ3n) is 3.81. The van der Waals surface area contributed by atoms with Crippen molar-refractivity contribution in [1.29, 1.82) is 5.26 Å². The molecule has 0 rings (SSSR count). The molecule has 0 fully saturated rings. The molecule has 0 amide bonds. The van der Waals surface area contributed by atoms with Crippen LogP contribution in [-0.4, -0.2) is 35.6 Å². The number of nitrogens with one attached hydrogen (secondary N) is 1. The topological polar surface area (TPSA) is 39.1 Å². The molecule has 0 aliphatic rings. The van der Waals surface area contributed by atoms with Crippen LogP contribution in [0.25, 0.3) is 0 Å². The van der Waals surface area contributed by atoms with Gasteiger partial charge in [-0.2, -0.15) is 5.26 Å². The summed E-state index contributed by atoms with van der Waals surface area (Å²) in [6.07, 6.45) is 3.25. The maximum atomic E-state index is 9.45. The number of nitrogens with zero attached hydrogens (tertiary/aromatic N) is 2. The van der Waals surface area contributed by atoms with Gasteiger partial charge in [-0.05, 0) is 46.0 Å². The van der Waals surface area contributed by atoms with Crippen molar-refractivity contribution in [2.24, 2.45) is 5.92 Å². The average molecular weight is 281 g/mol. The molecule has 0 radical (unpaired) electrons. The molecule has 118 valence electrons. The van der Waals surface area contributed by atoms with Gasteiger partial charge in [-0.25, -0.2) is 0 Å². The van der Waals surface area contributed by atoms with Crippen LogP contribution in [0.15, 0.2) is 0 Å². The SMILES string of the molecule is CCC(CC)N(CCC(C)(C#N)NC(C)C)CC(C)C. The smallest absolute Gasteiger partial charge is 0.105 e. The first-order chi connectivity index (χ1) is 9.27. The molecule has 20 heavy (non-hydrogen) atoms. The lowest BCUT2D eigenvalue weighted by Crippen LogP contribution is -2.48. The van der Waals surface area contributed by atoms with E-state index in [0.717, 1.165) is 19.5 Å². The summed E-state index contributed by atoms with van der Waals surface area (Å²) >= 11 is 0. The Morgan fingerprint density at radius 2 is 1.70 bits per heavy atom. The van der Waals surface area contributed by atoms with Crippen LogP contribution >= 0.6 is 0 Å². The molecule has 0 aliphatic carbocycles. The zero-order valence-electron chi connectivity index (χ0n) is 14.7. The van der Waals surface area contributed by atoms with Gasteiger partial charge in [0.25, 0.3) is 0 Å². The molecule has 0 aliphatic heterocycles. The maximum absolute atomic E-state index is 9.45. The fourth-order valence-corrected chi connectivity index (χ4v) is 2.86. The van der Waals surface area contributed by atoms with Gasteiger partial charge in [0.1, 0.15) is 5.54 Å². The molecule has 0 spiro atoms. The van der Waals surface area contributed by atoms with Crippen LogP contribution in [0.1, 0.15) is 67.7 Å². The Morgan fingerprint density at radius 1 is 1.15 bits per heavy atom. The first-order valence-electron chi connectivity index (χ1n) is 8.20. The Balaban J connectivity index is 4.69. The van der Waals surface area contributed by atoms with Gasteiger partial charge in [-0.1, -0.05) is 27.7 Å². The Bertz CT molecular complexity index is 289. The minimum Gasteiger partial charge on any atom is -0.300 e. The molecule has 0 heterocycles. The minimum atomic E-state index is -0.421. The third-order valence-corrected chi connectivity index (χ3v) is 3.81. The maximum Gasteiger partial charge on any atom is 0.105 e. The highest BCUT2D eigenvalue weighted by molar-refractivity contribution is 5.04. The van der Waals surface area contributed by atoms with Gasteiger partial charge in [0.15, 0.2) is 0 Å². The third kappa shape index (κ3) is 7.26. The van der Waals surface area contributed by atoms with Gasteiger partial charge in [-0.15, -0.1) is 0 Å². The molecular weight excluding hydrogens is 246 g/mol. The summed E-state index contributed by atoms with van der Waals surface area (Å²) in [6.45, 7) is 17.4. The van der Waals surface area contributed by atoms with E-state index >= 15 is 0 Å². The molecule has 3 nitrogen and oxygen atoms in total. The Kier molecular flexibility index (Phi) is 9.09. The van der Waals surface area contributed by atoms with Crippen molar-refractivity contribution >= 4 is 0 Å². The van der Waals surface area contributed by atoms with E-state index in [0.29, 0.717) is 18.0 Å². The summed E-state index contributed by atoms with van der Waals surface area (Å²) in [5.41, 5.74) is -0.421. The highest BCUT2D eigenvalue weighted by atomic mass is 15.2. The average Bonchev–Trinajstić information content (AvgIpc) is 2.35. The second-order valence-electron chi connectivity index (χ2n) is 6.85. The summed E-state index contributed by atoms with van der Waals surface area (Å²) in [6, 6.07) is 3.43. The van der Waals surface area contributed by atoms with Crippen LogP contribution in [0.3, 0.4) is 0 Å². The van der Waals surface area contributed by atoms with Crippen molar-refractivity contribution in [3.8, 4) is 6.07 Å². The number of nitriles is 1. The molecule has 0 saturated heterocycles. The van der Waals surface area contributed by atoms with Gasteiger partial charge in [0.2, 0.25) is 0 Å². The Labute approximate surface area is 126 Å². The molecule has 1 atom stereocenters. The van der Waals surface area contributed by atoms with Crippen molar-refractivity contribution in [1.82, 2.24) is 10.2 Å². The first-order valence-corrected chi connectivity index (χ1v) is 8.20. The van der Waals surface area contributed by atoms with Crippen LogP contribution in [-0.2, 0) is 0 Å². The van der Waals surface area contributed by atoms with E-state index in [1.165, 1.54) is 12.8 Å². The van der Waals surface area contributed by atoms with Crippen molar-refractivity contribution in [3.63, 3.8) is 0 Å². The minimum absolute atomic E-state index is 0.339. The van der Waals surface area contributed by atoms with Gasteiger partial charge < -0.3 is 4.90 Å². The lowest BCUT2D eigenvalue weighted by Gasteiger charge is -2.35. The van der Waals surface area contributed by atoms with E-state index in [-0.39, 0.29) is 0 Å². The first kappa shape index (κ1) is 19.4. The molecular formula is C17H35N3. The number of hydrogen-bond acceptors (Lipinski definition) is 3. The highest BCUT2D eigenvalue weighted by Gasteiger charge is 2.26. The van der Waals surface area contributed by atoms with Crippen LogP contribution in [0.2, 0.25) is 0 Å². The quantitative estimate of drug-likeness (QED) is 0.662. The van der Waals surface area contributed by atoms with Gasteiger partial charge in [-0.3, -0.25) is 5.32 Å². The van der Waals surface area contributed by atoms with E-state index < -0.39 is 5.54 Å². The fourth-order valence-electron chi connectivity index (χ4n) is 2.86. The van der Waals surface area contributed by atoms with Crippen LogP contribution in [0.5, 0.6) is 0 Å². The Morgan fingerprint density at radius 3 is 2.05 bits per heavy atom. The van der Waals surface area contributed by atoms with E-state index in [9.17, 15) is 5.26 Å². The fraction of sp³-hybridized carbons (Fsp3) is 0.941. The van der Waals surface area contributed by atoms with E-state index in [1.807, 2.05) is 6.92 Å². The predicted molar refractivity (Wildman–Crippen MR) is 87.7 cm³/mol. The van der Waals surface area contributed by atoms with Crippen LogP contribution in [0.4, 0.5) is 0 Å². The molecule has 0 bridgehead atoms. The second-order valence-corrected chi connectivity index (χ2v) is 6.85. The molecule has 0 aromatic carbocycles. The van der Waals surface area contributed by atoms with E-state index in [4.69, 9.17) is 0 Å². The second kappa shape index (κ2) is 9.37. The monoisotopic (exact) mass is 281 g/mol. The van der Waals surface area contributed by atoms with E-state index in [1.54, 1.807) is 0 Å². The lowest BCUT2D eigenvalue weighted by atomic mass is 9.97. The zero-order valence-corrected chi connectivity index (χ0v) is 14.7. The highest BCUT2D eigenvalue weighted by Crippen LogP contribution is 2.16. The van der Waals surface area contributed by atoms with Crippen molar-refractivity contribution in [2.75, 3.05) is 13.1 Å². The largest absolute Gasteiger partial charge is 0.300 e. The summed E-state index contributed by atoms with van der Waals surface area (Å²) in [5.74, 6) is 0.669. The van der Waals surface area contributed by atoms with Gasteiger partial charge >= 0.3 is 0 Å². The van der Waals surface area contributed by atoms with Crippen LogP contribution < -0.4 is 5.32 Å². The zero-order chi connectivity index (χ0) is 15.8. The molecule has 1 unspecified atom stereocenters. The van der Waals surface area contributed by atoms with Crippen molar-refractivity contribution in [3.05, 3.63) is 0 Å². The van der Waals surface area contributed by atoms with Crippen molar-refractivity contribution < 1.29 is 0 Å². The summed E-state index contributed by atoms with van der Waals surface area (Å²) < 4.78 is 0. The standard InChI is InChI=1S/C17H35N3/c1-8-16(9-2)20(12-14(3)4)11-10-17(7,13-18)19-15(5)6/h14-16,19H,8-12H2,1-7H3. The molecule has 0 aromatic rings. The normalized spacial score (nSPS) is 15.1. The molecule has 0 saturated carbocycles. The Hall–Kier alpha value is -0.590. The van der Waals surface area contributed by atoms with Crippen molar-refractivity contribution in [2.45, 2.75) is 85.4 Å². The molecule has 1 N–H and O–H groups in total. The summed E-state index contributed by atoms with van der Waals surface area (Å²) in [5, 5.41) is 12.9. The van der Waals surface area contributed by atoms with Gasteiger partial charge in [0.05, 0.1) is 6.07 Å². The molecule has 0 aromatic heterocycles. The lowest BCUT2D eigenvalue weighted by molar-refractivity contribution is 0.151. The van der Waals surface area contributed by atoms with E-state index in [2.05, 4.69) is 57.8 Å².